The summed E-state index contributed by atoms with van der Waals surface area (Å²) in [5, 5.41) is 0. The second-order valence-electron chi connectivity index (χ2n) is 4.94. The predicted molar refractivity (Wildman–Crippen MR) is 71.5 cm³/mol. The first-order valence-electron chi connectivity index (χ1n) is 6.46. The molecule has 0 radical (unpaired) electrons. The van der Waals surface area contributed by atoms with Crippen molar-refractivity contribution in [2.24, 2.45) is 11.7 Å². The maximum atomic E-state index is 12.9. The molecular formula is C13H19FN2O2S. The van der Waals surface area contributed by atoms with Gasteiger partial charge in [0.1, 0.15) is 5.82 Å². The standard InChI is InChI=1S/C13H19FN2O2S/c1-2-10-9-16(8-7-13(10)15)19(17,18)12-5-3-11(14)4-6-12/h3-6,10,13H,2,7-9,15H2,1H3. The molecule has 0 saturated carbocycles. The minimum Gasteiger partial charge on any atom is -0.327 e. The molecule has 0 spiro atoms. The summed E-state index contributed by atoms with van der Waals surface area (Å²) >= 11 is 0. The van der Waals surface area contributed by atoms with Crippen LogP contribution < -0.4 is 5.73 Å². The SMILES string of the molecule is CCC1CN(S(=O)(=O)c2ccc(F)cc2)CCC1N. The second-order valence-corrected chi connectivity index (χ2v) is 6.88. The van der Waals surface area contributed by atoms with E-state index in [4.69, 9.17) is 5.73 Å². The summed E-state index contributed by atoms with van der Waals surface area (Å²) in [7, 11) is -3.53. The Morgan fingerprint density at radius 2 is 2.00 bits per heavy atom. The molecule has 2 unspecified atom stereocenters. The molecule has 106 valence electrons. The average molecular weight is 286 g/mol. The third-order valence-corrected chi connectivity index (χ3v) is 5.61. The summed E-state index contributed by atoms with van der Waals surface area (Å²) in [5.41, 5.74) is 5.98. The van der Waals surface area contributed by atoms with Crippen LogP contribution in [0.1, 0.15) is 19.8 Å². The zero-order chi connectivity index (χ0) is 14.0. The molecule has 0 bridgehead atoms. The highest BCUT2D eigenvalue weighted by Gasteiger charge is 2.33. The number of piperidine rings is 1. The molecule has 2 rings (SSSR count). The highest BCUT2D eigenvalue weighted by Crippen LogP contribution is 2.24. The van der Waals surface area contributed by atoms with Gasteiger partial charge in [0.15, 0.2) is 0 Å². The Morgan fingerprint density at radius 1 is 1.37 bits per heavy atom. The molecule has 0 aliphatic carbocycles. The first-order chi connectivity index (χ1) is 8.95. The van der Waals surface area contributed by atoms with Gasteiger partial charge in [-0.25, -0.2) is 12.8 Å². The molecule has 0 aromatic heterocycles. The summed E-state index contributed by atoms with van der Waals surface area (Å²) < 4.78 is 39.2. The Kier molecular flexibility index (Phi) is 4.23. The van der Waals surface area contributed by atoms with Gasteiger partial charge in [0.2, 0.25) is 10.0 Å². The normalized spacial score (nSPS) is 25.4. The van der Waals surface area contributed by atoms with Gasteiger partial charge in [-0.05, 0) is 36.6 Å². The van der Waals surface area contributed by atoms with Crippen molar-refractivity contribution in [1.29, 1.82) is 0 Å². The van der Waals surface area contributed by atoms with Crippen LogP contribution in [0.2, 0.25) is 0 Å². The van der Waals surface area contributed by atoms with E-state index in [0.717, 1.165) is 6.42 Å². The smallest absolute Gasteiger partial charge is 0.243 e. The second kappa shape index (κ2) is 5.56. The Bertz CT molecular complexity index is 530. The lowest BCUT2D eigenvalue weighted by molar-refractivity contribution is 0.230. The molecule has 2 N–H and O–H groups in total. The van der Waals surface area contributed by atoms with Crippen LogP contribution in [0.5, 0.6) is 0 Å². The fraction of sp³-hybridized carbons (Fsp3) is 0.538. The van der Waals surface area contributed by atoms with Crippen molar-refractivity contribution in [2.75, 3.05) is 13.1 Å². The number of nitrogens with zero attached hydrogens (tertiary/aromatic N) is 1. The van der Waals surface area contributed by atoms with Crippen LogP contribution >= 0.6 is 0 Å². The van der Waals surface area contributed by atoms with Gasteiger partial charge in [-0.1, -0.05) is 13.3 Å². The molecule has 0 amide bonds. The van der Waals surface area contributed by atoms with Crippen LogP contribution in [0.25, 0.3) is 0 Å². The topological polar surface area (TPSA) is 63.4 Å². The molecule has 1 saturated heterocycles. The lowest BCUT2D eigenvalue weighted by atomic mass is 9.92. The highest BCUT2D eigenvalue weighted by atomic mass is 32.2. The Morgan fingerprint density at radius 3 is 2.58 bits per heavy atom. The number of hydrogen-bond donors (Lipinski definition) is 1. The number of halogens is 1. The number of benzene rings is 1. The monoisotopic (exact) mass is 286 g/mol. The Labute approximate surface area is 113 Å². The molecule has 6 heteroatoms. The maximum Gasteiger partial charge on any atom is 0.243 e. The summed E-state index contributed by atoms with van der Waals surface area (Å²) in [6.45, 7) is 2.88. The van der Waals surface area contributed by atoms with E-state index in [1.807, 2.05) is 6.92 Å². The third kappa shape index (κ3) is 2.96. The number of nitrogens with two attached hydrogens (primary N) is 1. The van der Waals surface area contributed by atoms with E-state index >= 15 is 0 Å². The first kappa shape index (κ1) is 14.4. The van der Waals surface area contributed by atoms with E-state index in [0.29, 0.717) is 19.5 Å². The van der Waals surface area contributed by atoms with Crippen molar-refractivity contribution in [3.05, 3.63) is 30.1 Å². The summed E-state index contributed by atoms with van der Waals surface area (Å²) in [6.07, 6.45) is 1.52. The third-order valence-electron chi connectivity index (χ3n) is 3.73. The van der Waals surface area contributed by atoms with Gasteiger partial charge < -0.3 is 5.73 Å². The zero-order valence-electron chi connectivity index (χ0n) is 10.9. The number of sulfonamides is 1. The molecular weight excluding hydrogens is 267 g/mol. The Balaban J connectivity index is 2.23. The summed E-state index contributed by atoms with van der Waals surface area (Å²) in [5.74, 6) is -0.255. The number of hydrogen-bond acceptors (Lipinski definition) is 3. The van der Waals surface area contributed by atoms with E-state index in [1.54, 1.807) is 0 Å². The van der Waals surface area contributed by atoms with Crippen molar-refractivity contribution in [1.82, 2.24) is 4.31 Å². The zero-order valence-corrected chi connectivity index (χ0v) is 11.7. The van der Waals surface area contributed by atoms with Crippen molar-refractivity contribution < 1.29 is 12.8 Å². The van der Waals surface area contributed by atoms with Crippen LogP contribution in [0.4, 0.5) is 4.39 Å². The van der Waals surface area contributed by atoms with Gasteiger partial charge in [-0.3, -0.25) is 0 Å². The van der Waals surface area contributed by atoms with E-state index in [-0.39, 0.29) is 16.9 Å². The van der Waals surface area contributed by atoms with Crippen LogP contribution in [-0.4, -0.2) is 31.9 Å². The van der Waals surface area contributed by atoms with Crippen molar-refractivity contribution in [3.8, 4) is 0 Å². The molecule has 1 heterocycles. The average Bonchev–Trinajstić information content (AvgIpc) is 2.39. The molecule has 1 aromatic carbocycles. The van der Waals surface area contributed by atoms with Gasteiger partial charge in [0.25, 0.3) is 0 Å². The van der Waals surface area contributed by atoms with Gasteiger partial charge in [0.05, 0.1) is 4.90 Å². The molecule has 19 heavy (non-hydrogen) atoms. The molecule has 1 aromatic rings. The van der Waals surface area contributed by atoms with E-state index in [1.165, 1.54) is 28.6 Å². The van der Waals surface area contributed by atoms with Crippen LogP contribution in [0.15, 0.2) is 29.2 Å². The lowest BCUT2D eigenvalue weighted by Gasteiger charge is -2.35. The summed E-state index contributed by atoms with van der Waals surface area (Å²) in [6, 6.07) is 5.00. The summed E-state index contributed by atoms with van der Waals surface area (Å²) in [4.78, 5) is 0.138. The van der Waals surface area contributed by atoms with Crippen molar-refractivity contribution in [3.63, 3.8) is 0 Å². The highest BCUT2D eigenvalue weighted by molar-refractivity contribution is 7.89. The maximum absolute atomic E-state index is 12.9. The fourth-order valence-electron chi connectivity index (χ4n) is 2.42. The first-order valence-corrected chi connectivity index (χ1v) is 7.90. The minimum absolute atomic E-state index is 0.0599. The molecule has 4 nitrogen and oxygen atoms in total. The van der Waals surface area contributed by atoms with Gasteiger partial charge in [-0.2, -0.15) is 4.31 Å². The van der Waals surface area contributed by atoms with E-state index in [2.05, 4.69) is 0 Å². The predicted octanol–water partition coefficient (Wildman–Crippen LogP) is 1.57. The van der Waals surface area contributed by atoms with Gasteiger partial charge in [-0.15, -0.1) is 0 Å². The molecule has 2 atom stereocenters. The van der Waals surface area contributed by atoms with E-state index < -0.39 is 15.8 Å². The Hall–Kier alpha value is -0.980. The van der Waals surface area contributed by atoms with Crippen molar-refractivity contribution >= 4 is 10.0 Å². The van der Waals surface area contributed by atoms with Crippen LogP contribution in [-0.2, 0) is 10.0 Å². The molecule has 1 fully saturated rings. The van der Waals surface area contributed by atoms with Gasteiger partial charge >= 0.3 is 0 Å². The van der Waals surface area contributed by atoms with Crippen LogP contribution in [0.3, 0.4) is 0 Å². The number of rotatable bonds is 3. The fourth-order valence-corrected chi connectivity index (χ4v) is 3.93. The molecule has 1 aliphatic heterocycles. The van der Waals surface area contributed by atoms with Gasteiger partial charge in [0, 0.05) is 19.1 Å². The largest absolute Gasteiger partial charge is 0.327 e. The quantitative estimate of drug-likeness (QED) is 0.917. The minimum atomic E-state index is -3.53. The van der Waals surface area contributed by atoms with E-state index in [9.17, 15) is 12.8 Å². The van der Waals surface area contributed by atoms with Crippen LogP contribution in [0, 0.1) is 11.7 Å². The molecule has 1 aliphatic rings. The van der Waals surface area contributed by atoms with Crippen molar-refractivity contribution in [2.45, 2.75) is 30.7 Å². The lowest BCUT2D eigenvalue weighted by Crippen LogP contribution is -2.48.